The molecule has 2 heteroatoms. The molecule has 2 aromatic rings. The second-order valence-corrected chi connectivity index (χ2v) is 9.68. The fourth-order valence-electron chi connectivity index (χ4n) is 5.00. The molecule has 0 bridgehead atoms. The number of benzene rings is 2. The Morgan fingerprint density at radius 3 is 2.09 bits per heavy atom. The van der Waals surface area contributed by atoms with Gasteiger partial charge in [-0.15, -0.1) is 0 Å². The lowest BCUT2D eigenvalue weighted by Crippen LogP contribution is -2.14. The summed E-state index contributed by atoms with van der Waals surface area (Å²) in [5, 5.41) is 0. The van der Waals surface area contributed by atoms with Crippen molar-refractivity contribution in [3.63, 3.8) is 0 Å². The molecule has 1 saturated carbocycles. The van der Waals surface area contributed by atoms with E-state index in [1.807, 2.05) is 24.3 Å². The normalized spacial score (nSPS) is 18.4. The van der Waals surface area contributed by atoms with E-state index in [2.05, 4.69) is 38.1 Å². The minimum Gasteiger partial charge on any atom is -0.423 e. The van der Waals surface area contributed by atoms with Crippen LogP contribution in [-0.4, -0.2) is 5.97 Å². The molecule has 0 atom stereocenters. The lowest BCUT2D eigenvalue weighted by Gasteiger charge is -2.29. The molecule has 32 heavy (non-hydrogen) atoms. The summed E-state index contributed by atoms with van der Waals surface area (Å²) in [6.45, 7) is 4.50. The quantitative estimate of drug-likeness (QED) is 0.189. The molecule has 2 nitrogen and oxygen atoms in total. The highest BCUT2D eigenvalue weighted by atomic mass is 16.5. The standard InChI is InChI=1S/C30H42O2/c1-3-5-7-9-11-24-12-16-26(17-13-24)27-18-20-28(21-19-27)30(31)32-29-22-14-25(15-23-29)10-8-6-4-2/h14-15,18-24,26H,3-13,16-17H2,1-2H3. The average molecular weight is 435 g/mol. The Labute approximate surface area is 195 Å². The first-order valence-electron chi connectivity index (χ1n) is 13.1. The first-order chi connectivity index (χ1) is 15.7. The zero-order chi connectivity index (χ0) is 22.6. The van der Waals surface area contributed by atoms with Crippen molar-refractivity contribution in [3.05, 3.63) is 65.2 Å². The van der Waals surface area contributed by atoms with Gasteiger partial charge >= 0.3 is 5.97 Å². The summed E-state index contributed by atoms with van der Waals surface area (Å²) in [6, 6.07) is 16.1. The van der Waals surface area contributed by atoms with E-state index >= 15 is 0 Å². The third-order valence-electron chi connectivity index (χ3n) is 7.13. The molecule has 0 N–H and O–H groups in total. The van der Waals surface area contributed by atoms with Crippen molar-refractivity contribution in [1.82, 2.24) is 0 Å². The third-order valence-corrected chi connectivity index (χ3v) is 7.13. The van der Waals surface area contributed by atoms with Gasteiger partial charge in [-0.2, -0.15) is 0 Å². The van der Waals surface area contributed by atoms with E-state index in [9.17, 15) is 4.79 Å². The van der Waals surface area contributed by atoms with Crippen molar-refractivity contribution >= 4 is 5.97 Å². The van der Waals surface area contributed by atoms with Gasteiger partial charge in [-0.3, -0.25) is 0 Å². The van der Waals surface area contributed by atoms with Gasteiger partial charge in [0.2, 0.25) is 0 Å². The number of esters is 1. The highest BCUT2D eigenvalue weighted by Crippen LogP contribution is 2.37. The highest BCUT2D eigenvalue weighted by Gasteiger charge is 2.22. The molecule has 1 aliphatic rings. The Bertz CT molecular complexity index is 783. The molecular weight excluding hydrogens is 392 g/mol. The number of carbonyl (C=O) groups is 1. The maximum Gasteiger partial charge on any atom is 0.343 e. The van der Waals surface area contributed by atoms with E-state index < -0.39 is 0 Å². The first-order valence-corrected chi connectivity index (χ1v) is 13.1. The van der Waals surface area contributed by atoms with Crippen LogP contribution in [0.3, 0.4) is 0 Å². The third kappa shape index (κ3) is 7.80. The Balaban J connectivity index is 1.44. The van der Waals surface area contributed by atoms with Gasteiger partial charge in [-0.1, -0.05) is 83.1 Å². The van der Waals surface area contributed by atoms with E-state index in [-0.39, 0.29) is 5.97 Å². The number of carbonyl (C=O) groups excluding carboxylic acids is 1. The van der Waals surface area contributed by atoms with Crippen LogP contribution in [0.15, 0.2) is 48.5 Å². The fraction of sp³-hybridized carbons (Fsp3) is 0.567. The van der Waals surface area contributed by atoms with Crippen molar-refractivity contribution in [2.75, 3.05) is 0 Å². The summed E-state index contributed by atoms with van der Waals surface area (Å²) in [7, 11) is 0. The van der Waals surface area contributed by atoms with Crippen LogP contribution in [0.4, 0.5) is 0 Å². The smallest absolute Gasteiger partial charge is 0.343 e. The number of rotatable bonds is 12. The van der Waals surface area contributed by atoms with Crippen LogP contribution in [0.25, 0.3) is 0 Å². The lowest BCUT2D eigenvalue weighted by atomic mass is 9.77. The van der Waals surface area contributed by atoms with E-state index in [1.165, 1.54) is 88.2 Å². The van der Waals surface area contributed by atoms with Crippen LogP contribution in [0, 0.1) is 5.92 Å². The molecule has 1 aliphatic carbocycles. The predicted octanol–water partition coefficient (Wildman–Crippen LogP) is 8.88. The Kier molecular flexibility index (Phi) is 10.3. The summed E-state index contributed by atoms with van der Waals surface area (Å²) >= 11 is 0. The predicted molar refractivity (Wildman–Crippen MR) is 135 cm³/mol. The van der Waals surface area contributed by atoms with Crippen LogP contribution in [0.1, 0.15) is 118 Å². The van der Waals surface area contributed by atoms with E-state index in [0.29, 0.717) is 17.2 Å². The van der Waals surface area contributed by atoms with Crippen molar-refractivity contribution < 1.29 is 9.53 Å². The van der Waals surface area contributed by atoms with Crippen LogP contribution in [0.5, 0.6) is 5.75 Å². The van der Waals surface area contributed by atoms with Crippen LogP contribution >= 0.6 is 0 Å². The highest BCUT2D eigenvalue weighted by molar-refractivity contribution is 5.91. The van der Waals surface area contributed by atoms with Crippen LogP contribution in [0.2, 0.25) is 0 Å². The minimum atomic E-state index is -0.272. The van der Waals surface area contributed by atoms with E-state index in [4.69, 9.17) is 4.74 Å². The SMILES string of the molecule is CCCCCCC1CCC(c2ccc(C(=O)Oc3ccc(CCCCC)cc3)cc2)CC1. The van der Waals surface area contributed by atoms with E-state index in [1.54, 1.807) is 0 Å². The van der Waals surface area contributed by atoms with Gasteiger partial charge < -0.3 is 4.74 Å². The largest absolute Gasteiger partial charge is 0.423 e. The second kappa shape index (κ2) is 13.5. The van der Waals surface area contributed by atoms with Gasteiger partial charge in [0.1, 0.15) is 5.75 Å². The Morgan fingerprint density at radius 2 is 1.44 bits per heavy atom. The molecule has 0 aliphatic heterocycles. The van der Waals surface area contributed by atoms with Crippen molar-refractivity contribution in [3.8, 4) is 5.75 Å². The number of aryl methyl sites for hydroxylation is 1. The molecule has 174 valence electrons. The average Bonchev–Trinajstić information content (AvgIpc) is 2.84. The molecular formula is C30H42O2. The summed E-state index contributed by atoms with van der Waals surface area (Å²) in [4.78, 5) is 12.6. The second-order valence-electron chi connectivity index (χ2n) is 9.68. The summed E-state index contributed by atoms with van der Waals surface area (Å²) in [5.41, 5.74) is 3.31. The lowest BCUT2D eigenvalue weighted by molar-refractivity contribution is 0.0734. The van der Waals surface area contributed by atoms with Gasteiger partial charge in [0.05, 0.1) is 5.56 Å². The molecule has 0 amide bonds. The molecule has 0 spiro atoms. The Morgan fingerprint density at radius 1 is 0.781 bits per heavy atom. The monoisotopic (exact) mass is 434 g/mol. The molecule has 2 aromatic carbocycles. The fourth-order valence-corrected chi connectivity index (χ4v) is 5.00. The van der Waals surface area contributed by atoms with Gasteiger partial charge in [0.15, 0.2) is 0 Å². The summed E-state index contributed by atoms with van der Waals surface area (Å²) in [6.07, 6.45) is 17.0. The van der Waals surface area contributed by atoms with Crippen molar-refractivity contribution in [2.45, 2.75) is 103 Å². The van der Waals surface area contributed by atoms with Crippen LogP contribution < -0.4 is 4.74 Å². The zero-order valence-electron chi connectivity index (χ0n) is 20.3. The zero-order valence-corrected chi connectivity index (χ0v) is 20.3. The van der Waals surface area contributed by atoms with Crippen molar-refractivity contribution in [2.24, 2.45) is 5.92 Å². The molecule has 3 rings (SSSR count). The Hall–Kier alpha value is -2.09. The first kappa shape index (κ1) is 24.6. The summed E-state index contributed by atoms with van der Waals surface area (Å²) in [5.74, 6) is 1.92. The van der Waals surface area contributed by atoms with Gasteiger partial charge in [0, 0.05) is 0 Å². The van der Waals surface area contributed by atoms with Crippen molar-refractivity contribution in [1.29, 1.82) is 0 Å². The topological polar surface area (TPSA) is 26.3 Å². The molecule has 0 heterocycles. The molecule has 1 fully saturated rings. The maximum atomic E-state index is 12.6. The minimum absolute atomic E-state index is 0.272. The molecule has 0 unspecified atom stereocenters. The number of unbranched alkanes of at least 4 members (excludes halogenated alkanes) is 5. The number of ether oxygens (including phenoxy) is 1. The van der Waals surface area contributed by atoms with Gasteiger partial charge in [-0.25, -0.2) is 4.79 Å². The maximum absolute atomic E-state index is 12.6. The number of hydrogen-bond donors (Lipinski definition) is 0. The van der Waals surface area contributed by atoms with Gasteiger partial charge in [-0.05, 0) is 85.8 Å². The molecule has 0 saturated heterocycles. The van der Waals surface area contributed by atoms with E-state index in [0.717, 1.165) is 12.3 Å². The molecule has 0 radical (unpaired) electrons. The van der Waals surface area contributed by atoms with Gasteiger partial charge in [0.25, 0.3) is 0 Å². The molecule has 0 aromatic heterocycles. The van der Waals surface area contributed by atoms with Crippen LogP contribution in [-0.2, 0) is 6.42 Å². The number of hydrogen-bond acceptors (Lipinski definition) is 2. The summed E-state index contributed by atoms with van der Waals surface area (Å²) < 4.78 is 5.60.